The van der Waals surface area contributed by atoms with E-state index >= 15 is 0 Å². The number of carbonyl (C=O) groups is 2. The maximum atomic E-state index is 12.9. The average molecular weight is 370 g/mol. The van der Waals surface area contributed by atoms with Gasteiger partial charge in [0.25, 0.3) is 5.91 Å². The Morgan fingerprint density at radius 1 is 1.04 bits per heavy atom. The zero-order chi connectivity index (χ0) is 19.3. The molecule has 0 saturated heterocycles. The van der Waals surface area contributed by atoms with Crippen LogP contribution >= 0.6 is 0 Å². The van der Waals surface area contributed by atoms with Crippen molar-refractivity contribution in [2.45, 2.75) is 6.36 Å². The number of hydrogen-bond donors (Lipinski definition) is 1. The monoisotopic (exact) mass is 370 g/mol. The van der Waals surface area contributed by atoms with E-state index in [-0.39, 0.29) is 17.8 Å². The van der Waals surface area contributed by atoms with Crippen LogP contribution in [-0.4, -0.2) is 36.7 Å². The van der Waals surface area contributed by atoms with Crippen LogP contribution in [0.25, 0.3) is 0 Å². The van der Waals surface area contributed by atoms with Crippen molar-refractivity contribution in [1.82, 2.24) is 4.90 Å². The lowest BCUT2D eigenvalue weighted by molar-refractivity contribution is -0.274. The lowest BCUT2D eigenvalue weighted by atomic mass is 10.2. The molecule has 0 unspecified atom stereocenters. The third-order valence-corrected chi connectivity index (χ3v) is 3.19. The number of alkyl halides is 3. The van der Waals surface area contributed by atoms with Crippen LogP contribution in [0, 0.1) is 5.82 Å². The molecule has 0 saturated carbocycles. The van der Waals surface area contributed by atoms with Crippen molar-refractivity contribution in [2.75, 3.05) is 18.9 Å². The van der Waals surface area contributed by atoms with Crippen LogP contribution in [0.3, 0.4) is 0 Å². The molecular weight excluding hydrogens is 356 g/mol. The quantitative estimate of drug-likeness (QED) is 0.821. The van der Waals surface area contributed by atoms with Gasteiger partial charge in [-0.05, 0) is 48.5 Å². The van der Waals surface area contributed by atoms with E-state index in [1.54, 1.807) is 0 Å². The van der Waals surface area contributed by atoms with Gasteiger partial charge in [-0.1, -0.05) is 0 Å². The summed E-state index contributed by atoms with van der Waals surface area (Å²) in [4.78, 5) is 25.2. The van der Waals surface area contributed by atoms with Crippen molar-refractivity contribution in [3.05, 3.63) is 59.9 Å². The molecule has 5 nitrogen and oxygen atoms in total. The fraction of sp³-hybridized carbons (Fsp3) is 0.176. The molecule has 2 aromatic carbocycles. The number of carbonyl (C=O) groups excluding carboxylic acids is 2. The minimum Gasteiger partial charge on any atom is -0.406 e. The van der Waals surface area contributed by atoms with Gasteiger partial charge >= 0.3 is 6.36 Å². The number of hydrogen-bond acceptors (Lipinski definition) is 3. The number of likely N-dealkylation sites (N-methyl/N-ethyl adjacent to an activating group) is 1. The molecule has 0 atom stereocenters. The summed E-state index contributed by atoms with van der Waals surface area (Å²) in [6.45, 7) is -0.295. The van der Waals surface area contributed by atoms with Gasteiger partial charge in [0, 0.05) is 18.3 Å². The van der Waals surface area contributed by atoms with Crippen molar-refractivity contribution in [1.29, 1.82) is 0 Å². The van der Waals surface area contributed by atoms with Gasteiger partial charge in [0.15, 0.2) is 0 Å². The predicted octanol–water partition coefficient (Wildman–Crippen LogP) is 3.44. The highest BCUT2D eigenvalue weighted by atomic mass is 19.4. The lowest BCUT2D eigenvalue weighted by Gasteiger charge is -2.17. The topological polar surface area (TPSA) is 58.6 Å². The summed E-state index contributed by atoms with van der Waals surface area (Å²) < 4.78 is 52.8. The Hall–Kier alpha value is -3.10. The molecule has 0 aromatic heterocycles. The first-order chi connectivity index (χ1) is 12.1. The van der Waals surface area contributed by atoms with Gasteiger partial charge in [0.2, 0.25) is 5.91 Å². The molecule has 0 radical (unpaired) electrons. The molecular formula is C17H14F4N2O3. The molecule has 26 heavy (non-hydrogen) atoms. The molecule has 0 aliphatic heterocycles. The first-order valence-corrected chi connectivity index (χ1v) is 7.31. The minimum absolute atomic E-state index is 0.218. The zero-order valence-electron chi connectivity index (χ0n) is 13.5. The highest BCUT2D eigenvalue weighted by Gasteiger charge is 2.31. The summed E-state index contributed by atoms with van der Waals surface area (Å²) >= 11 is 0. The Morgan fingerprint density at radius 2 is 1.62 bits per heavy atom. The summed E-state index contributed by atoms with van der Waals surface area (Å²) in [5, 5.41) is 2.45. The van der Waals surface area contributed by atoms with Gasteiger partial charge in [0.05, 0.1) is 6.54 Å². The Morgan fingerprint density at radius 3 is 2.15 bits per heavy atom. The number of ether oxygens (including phenoxy) is 1. The molecule has 0 heterocycles. The van der Waals surface area contributed by atoms with Crippen molar-refractivity contribution in [2.24, 2.45) is 0 Å². The van der Waals surface area contributed by atoms with E-state index in [9.17, 15) is 27.2 Å². The smallest absolute Gasteiger partial charge is 0.406 e. The normalized spacial score (nSPS) is 11.0. The molecule has 0 bridgehead atoms. The van der Waals surface area contributed by atoms with Crippen LogP contribution in [0.15, 0.2) is 48.5 Å². The van der Waals surface area contributed by atoms with Crippen LogP contribution in [-0.2, 0) is 4.79 Å². The van der Waals surface area contributed by atoms with Crippen LogP contribution in [0.5, 0.6) is 5.75 Å². The Kier molecular flexibility index (Phi) is 5.81. The molecule has 0 fully saturated rings. The van der Waals surface area contributed by atoms with E-state index in [0.29, 0.717) is 0 Å². The Labute approximate surface area is 146 Å². The van der Waals surface area contributed by atoms with E-state index < -0.39 is 29.7 Å². The Bertz CT molecular complexity index is 774. The van der Waals surface area contributed by atoms with Gasteiger partial charge < -0.3 is 15.0 Å². The molecule has 138 valence electrons. The fourth-order valence-electron chi connectivity index (χ4n) is 2.04. The van der Waals surface area contributed by atoms with Crippen molar-refractivity contribution in [3.8, 4) is 5.75 Å². The largest absolute Gasteiger partial charge is 0.573 e. The number of nitrogens with one attached hydrogen (secondary N) is 1. The molecule has 0 spiro atoms. The molecule has 2 amide bonds. The summed E-state index contributed by atoms with van der Waals surface area (Å²) in [5.41, 5.74) is 0.461. The van der Waals surface area contributed by atoms with E-state index in [0.717, 1.165) is 29.2 Å². The average Bonchev–Trinajstić information content (AvgIpc) is 2.55. The first-order valence-electron chi connectivity index (χ1n) is 7.31. The van der Waals surface area contributed by atoms with Gasteiger partial charge in [-0.3, -0.25) is 9.59 Å². The number of benzene rings is 2. The summed E-state index contributed by atoms with van der Waals surface area (Å²) in [6.07, 6.45) is -4.80. The zero-order valence-corrected chi connectivity index (χ0v) is 13.5. The second-order valence-corrected chi connectivity index (χ2v) is 5.29. The molecule has 2 rings (SSSR count). The van der Waals surface area contributed by atoms with Gasteiger partial charge in [0.1, 0.15) is 11.6 Å². The van der Waals surface area contributed by atoms with E-state index in [2.05, 4.69) is 10.1 Å². The van der Waals surface area contributed by atoms with E-state index in [4.69, 9.17) is 0 Å². The van der Waals surface area contributed by atoms with Gasteiger partial charge in [-0.15, -0.1) is 13.2 Å². The SMILES string of the molecule is CN(CC(=O)Nc1ccc(OC(F)(F)F)cc1)C(=O)c1ccc(F)cc1. The lowest BCUT2D eigenvalue weighted by Crippen LogP contribution is -2.34. The van der Waals surface area contributed by atoms with E-state index in [1.165, 1.54) is 31.3 Å². The van der Waals surface area contributed by atoms with E-state index in [1.807, 2.05) is 0 Å². The molecule has 9 heteroatoms. The standard InChI is InChI=1S/C17H14F4N2O3/c1-23(16(25)11-2-4-12(18)5-3-11)10-15(24)22-13-6-8-14(9-7-13)26-17(19,20)21/h2-9H,10H2,1H3,(H,22,24). The van der Waals surface area contributed by atoms with Crippen LogP contribution in [0.1, 0.15) is 10.4 Å². The molecule has 0 aliphatic rings. The molecule has 2 aromatic rings. The number of amides is 2. The summed E-state index contributed by atoms with van der Waals surface area (Å²) in [6, 6.07) is 9.43. The van der Waals surface area contributed by atoms with Crippen molar-refractivity contribution < 1.29 is 31.9 Å². The number of anilines is 1. The predicted molar refractivity (Wildman–Crippen MR) is 85.1 cm³/mol. The van der Waals surface area contributed by atoms with Crippen molar-refractivity contribution >= 4 is 17.5 Å². The maximum Gasteiger partial charge on any atom is 0.573 e. The van der Waals surface area contributed by atoms with Gasteiger partial charge in [-0.25, -0.2) is 4.39 Å². The highest BCUT2D eigenvalue weighted by molar-refractivity contribution is 5.99. The molecule has 0 aliphatic carbocycles. The highest BCUT2D eigenvalue weighted by Crippen LogP contribution is 2.23. The third kappa shape index (κ3) is 5.76. The number of halogens is 4. The summed E-state index contributed by atoms with van der Waals surface area (Å²) in [7, 11) is 1.39. The first kappa shape index (κ1) is 19.2. The maximum absolute atomic E-state index is 12.9. The Balaban J connectivity index is 1.91. The van der Waals surface area contributed by atoms with Crippen molar-refractivity contribution in [3.63, 3.8) is 0 Å². The van der Waals surface area contributed by atoms with Gasteiger partial charge in [-0.2, -0.15) is 0 Å². The third-order valence-electron chi connectivity index (χ3n) is 3.19. The fourth-order valence-corrected chi connectivity index (χ4v) is 2.04. The number of nitrogens with zero attached hydrogens (tertiary/aromatic N) is 1. The van der Waals surface area contributed by atoms with Crippen LogP contribution < -0.4 is 10.1 Å². The second-order valence-electron chi connectivity index (χ2n) is 5.29. The minimum atomic E-state index is -4.80. The second kappa shape index (κ2) is 7.85. The summed E-state index contributed by atoms with van der Waals surface area (Å²) in [5.74, 6) is -1.93. The van der Waals surface area contributed by atoms with Crippen LogP contribution in [0.4, 0.5) is 23.2 Å². The van der Waals surface area contributed by atoms with Crippen LogP contribution in [0.2, 0.25) is 0 Å². The molecule has 1 N–H and O–H groups in total. The number of rotatable bonds is 5.